The number of hydrogen-bond acceptors (Lipinski definition) is 3. The third-order valence-electron chi connectivity index (χ3n) is 3.36. The van der Waals surface area contributed by atoms with Gasteiger partial charge in [-0.3, -0.25) is 9.59 Å². The van der Waals surface area contributed by atoms with Crippen molar-refractivity contribution in [1.82, 2.24) is 0 Å². The van der Waals surface area contributed by atoms with Crippen LogP contribution in [0.4, 0.5) is 0 Å². The summed E-state index contributed by atoms with van der Waals surface area (Å²) in [5.74, 6) is -0.0699. The van der Waals surface area contributed by atoms with Crippen LogP contribution < -0.4 is 0 Å². The van der Waals surface area contributed by atoms with E-state index < -0.39 is 5.97 Å². The minimum absolute atomic E-state index is 0.0137. The molecule has 0 aromatic heterocycles. The Bertz CT molecular complexity index is 321. The highest BCUT2D eigenvalue weighted by molar-refractivity contribution is 5.74. The molecule has 4 heteroatoms. The molecule has 2 aliphatic carbocycles. The zero-order valence-electron chi connectivity index (χ0n) is 9.09. The average Bonchev–Trinajstić information content (AvgIpc) is 2.85. The molecule has 3 unspecified atom stereocenters. The zero-order chi connectivity index (χ0) is 11.5. The quantitative estimate of drug-likeness (QED) is 0.437. The van der Waals surface area contributed by atoms with E-state index in [4.69, 9.17) is 9.84 Å². The van der Waals surface area contributed by atoms with Gasteiger partial charge >= 0.3 is 11.9 Å². The van der Waals surface area contributed by atoms with Crippen LogP contribution in [0.3, 0.4) is 0 Å². The van der Waals surface area contributed by atoms with Gasteiger partial charge in [0, 0.05) is 6.42 Å². The molecule has 88 valence electrons. The van der Waals surface area contributed by atoms with Crippen LogP contribution in [0.2, 0.25) is 0 Å². The highest BCUT2D eigenvalue weighted by atomic mass is 16.5. The van der Waals surface area contributed by atoms with Gasteiger partial charge < -0.3 is 9.84 Å². The molecule has 0 aromatic carbocycles. The first kappa shape index (κ1) is 11.2. The molecule has 3 atom stereocenters. The molecule has 1 N–H and O–H groups in total. The highest BCUT2D eigenvalue weighted by Gasteiger charge is 2.40. The van der Waals surface area contributed by atoms with Crippen LogP contribution in [0.15, 0.2) is 12.2 Å². The second kappa shape index (κ2) is 4.68. The molecular weight excluding hydrogens is 208 g/mol. The summed E-state index contributed by atoms with van der Waals surface area (Å²) < 4.78 is 5.09. The van der Waals surface area contributed by atoms with E-state index >= 15 is 0 Å². The summed E-state index contributed by atoms with van der Waals surface area (Å²) in [6.45, 7) is 0.225. The third-order valence-corrected chi connectivity index (χ3v) is 3.36. The van der Waals surface area contributed by atoms with Crippen molar-refractivity contribution in [2.75, 3.05) is 6.61 Å². The van der Waals surface area contributed by atoms with Crippen LogP contribution in [0.25, 0.3) is 0 Å². The molecule has 2 bridgehead atoms. The van der Waals surface area contributed by atoms with Gasteiger partial charge in [-0.2, -0.15) is 0 Å². The number of fused-ring (bicyclic) bond motifs is 2. The maximum atomic E-state index is 11.7. The number of allylic oxidation sites excluding steroid dienone is 2. The predicted octanol–water partition coefficient (Wildman–Crippen LogP) is 1.61. The van der Waals surface area contributed by atoms with Crippen LogP contribution in [0.5, 0.6) is 0 Å². The molecule has 0 heterocycles. The van der Waals surface area contributed by atoms with E-state index in [0.29, 0.717) is 18.3 Å². The Hall–Kier alpha value is -1.32. The van der Waals surface area contributed by atoms with Gasteiger partial charge in [0.05, 0.1) is 12.5 Å². The van der Waals surface area contributed by atoms with Crippen LogP contribution >= 0.6 is 0 Å². The van der Waals surface area contributed by atoms with Gasteiger partial charge in [-0.15, -0.1) is 0 Å². The highest BCUT2D eigenvalue weighted by Crippen LogP contribution is 2.43. The first-order valence-electron chi connectivity index (χ1n) is 5.73. The molecule has 0 aliphatic heterocycles. The summed E-state index contributed by atoms with van der Waals surface area (Å²) in [6.07, 6.45) is 6.73. The lowest BCUT2D eigenvalue weighted by Gasteiger charge is -2.16. The smallest absolute Gasteiger partial charge is 0.309 e. The molecule has 2 aliphatic rings. The molecule has 0 radical (unpaired) electrons. The number of carboxylic acids is 1. The molecule has 0 amide bonds. The fraction of sp³-hybridized carbons (Fsp3) is 0.667. The number of carbonyl (C=O) groups is 2. The number of aliphatic carboxylic acids is 1. The molecule has 4 nitrogen and oxygen atoms in total. The largest absolute Gasteiger partial charge is 0.481 e. The van der Waals surface area contributed by atoms with Crippen LogP contribution in [-0.4, -0.2) is 23.7 Å². The van der Waals surface area contributed by atoms with Crippen molar-refractivity contribution < 1.29 is 19.4 Å². The molecule has 0 saturated heterocycles. The van der Waals surface area contributed by atoms with Crippen LogP contribution in [0, 0.1) is 17.8 Å². The van der Waals surface area contributed by atoms with E-state index in [1.807, 2.05) is 0 Å². The van der Waals surface area contributed by atoms with Crippen molar-refractivity contribution in [1.29, 1.82) is 0 Å². The lowest BCUT2D eigenvalue weighted by atomic mass is 9.94. The van der Waals surface area contributed by atoms with Crippen LogP contribution in [-0.2, 0) is 14.3 Å². The standard InChI is InChI=1S/C12H16O4/c13-11(14)2-1-5-16-12(15)10-7-8-3-4-9(10)6-8/h3-4,8-10H,1-2,5-7H2,(H,13,14). The Morgan fingerprint density at radius 3 is 2.69 bits per heavy atom. The van der Waals surface area contributed by atoms with Gasteiger partial charge in [0.2, 0.25) is 0 Å². The molecule has 1 fully saturated rings. The van der Waals surface area contributed by atoms with Gasteiger partial charge in [-0.1, -0.05) is 12.2 Å². The minimum atomic E-state index is -0.848. The van der Waals surface area contributed by atoms with Crippen molar-refractivity contribution >= 4 is 11.9 Å². The van der Waals surface area contributed by atoms with E-state index in [1.54, 1.807) is 0 Å². The predicted molar refractivity (Wildman–Crippen MR) is 56.7 cm³/mol. The number of ether oxygens (including phenoxy) is 1. The normalized spacial score (nSPS) is 30.6. The maximum Gasteiger partial charge on any atom is 0.309 e. The molecule has 0 aromatic rings. The maximum absolute atomic E-state index is 11.7. The zero-order valence-corrected chi connectivity index (χ0v) is 9.09. The molecule has 1 saturated carbocycles. The van der Waals surface area contributed by atoms with E-state index in [1.165, 1.54) is 0 Å². The Morgan fingerprint density at radius 2 is 2.12 bits per heavy atom. The van der Waals surface area contributed by atoms with Crippen molar-refractivity contribution in [3.63, 3.8) is 0 Å². The second-order valence-corrected chi connectivity index (χ2v) is 4.55. The van der Waals surface area contributed by atoms with Gasteiger partial charge in [0.15, 0.2) is 0 Å². The molecule has 0 spiro atoms. The number of carboxylic acid groups (broad SMARTS) is 1. The summed E-state index contributed by atoms with van der Waals surface area (Å²) in [6, 6.07) is 0. The summed E-state index contributed by atoms with van der Waals surface area (Å²) >= 11 is 0. The van der Waals surface area contributed by atoms with Crippen molar-refractivity contribution in [2.45, 2.75) is 25.7 Å². The first-order chi connectivity index (χ1) is 7.66. The van der Waals surface area contributed by atoms with E-state index in [-0.39, 0.29) is 24.9 Å². The van der Waals surface area contributed by atoms with E-state index in [9.17, 15) is 9.59 Å². The Kier molecular flexibility index (Phi) is 3.27. The Morgan fingerprint density at radius 1 is 1.31 bits per heavy atom. The summed E-state index contributed by atoms with van der Waals surface area (Å²) in [5.41, 5.74) is 0. The molecular formula is C12H16O4. The van der Waals surface area contributed by atoms with Crippen molar-refractivity contribution in [3.8, 4) is 0 Å². The van der Waals surface area contributed by atoms with E-state index in [2.05, 4.69) is 12.2 Å². The lowest BCUT2D eigenvalue weighted by molar-refractivity contribution is -0.150. The Balaban J connectivity index is 1.69. The van der Waals surface area contributed by atoms with Crippen molar-refractivity contribution in [2.24, 2.45) is 17.8 Å². The fourth-order valence-electron chi connectivity index (χ4n) is 2.55. The third kappa shape index (κ3) is 2.43. The van der Waals surface area contributed by atoms with Crippen molar-refractivity contribution in [3.05, 3.63) is 12.2 Å². The second-order valence-electron chi connectivity index (χ2n) is 4.55. The van der Waals surface area contributed by atoms with Gasteiger partial charge in [-0.05, 0) is 31.1 Å². The summed E-state index contributed by atoms with van der Waals surface area (Å²) in [5, 5.41) is 8.43. The lowest BCUT2D eigenvalue weighted by Crippen LogP contribution is -2.22. The molecule has 16 heavy (non-hydrogen) atoms. The monoisotopic (exact) mass is 224 g/mol. The number of hydrogen-bond donors (Lipinski definition) is 1. The fourth-order valence-corrected chi connectivity index (χ4v) is 2.55. The SMILES string of the molecule is O=C(O)CCCOC(=O)C1CC2C=CC1C2. The number of esters is 1. The number of rotatable bonds is 5. The summed E-state index contributed by atoms with van der Waals surface area (Å²) in [4.78, 5) is 21.9. The van der Waals surface area contributed by atoms with Gasteiger partial charge in [-0.25, -0.2) is 0 Å². The average molecular weight is 224 g/mol. The summed E-state index contributed by atoms with van der Waals surface area (Å²) in [7, 11) is 0. The Labute approximate surface area is 94.3 Å². The van der Waals surface area contributed by atoms with E-state index in [0.717, 1.165) is 12.8 Å². The first-order valence-corrected chi connectivity index (χ1v) is 5.73. The topological polar surface area (TPSA) is 63.6 Å². The molecule has 2 rings (SSSR count). The number of carbonyl (C=O) groups excluding carboxylic acids is 1. The minimum Gasteiger partial charge on any atom is -0.481 e. The van der Waals surface area contributed by atoms with Gasteiger partial charge in [0.25, 0.3) is 0 Å². The van der Waals surface area contributed by atoms with Crippen LogP contribution in [0.1, 0.15) is 25.7 Å². The van der Waals surface area contributed by atoms with Gasteiger partial charge in [0.1, 0.15) is 0 Å².